The summed E-state index contributed by atoms with van der Waals surface area (Å²) in [7, 11) is 0. The second-order valence-corrected chi connectivity index (χ2v) is 6.18. The van der Waals surface area contributed by atoms with Crippen LogP contribution in [0.1, 0.15) is 17.2 Å². The minimum Gasteiger partial charge on any atom is -0.394 e. The van der Waals surface area contributed by atoms with Gasteiger partial charge in [-0.2, -0.15) is 0 Å². The van der Waals surface area contributed by atoms with Crippen LogP contribution in [-0.2, 0) is 4.79 Å². The summed E-state index contributed by atoms with van der Waals surface area (Å²) in [6, 6.07) is 20.7. The molecule has 0 aliphatic heterocycles. The third-order valence-electron chi connectivity index (χ3n) is 3.95. The molecule has 0 aromatic heterocycles. The van der Waals surface area contributed by atoms with Crippen LogP contribution < -0.4 is 5.32 Å². The molecule has 2 N–H and O–H groups in total. The van der Waals surface area contributed by atoms with Gasteiger partial charge in [-0.15, -0.1) is 0 Å². The number of hydrogen-bond donors (Lipinski definition) is 2. The van der Waals surface area contributed by atoms with Crippen molar-refractivity contribution in [3.8, 4) is 0 Å². The van der Waals surface area contributed by atoms with E-state index < -0.39 is 6.04 Å². The van der Waals surface area contributed by atoms with E-state index in [-0.39, 0.29) is 12.5 Å². The first kappa shape index (κ1) is 17.2. The van der Waals surface area contributed by atoms with Gasteiger partial charge in [0.2, 0.25) is 5.91 Å². The molecule has 4 heteroatoms. The van der Waals surface area contributed by atoms with E-state index in [2.05, 4.69) is 5.32 Å². The highest BCUT2D eigenvalue weighted by Gasteiger charge is 2.12. The van der Waals surface area contributed by atoms with Gasteiger partial charge in [0, 0.05) is 11.1 Å². The first-order chi connectivity index (χ1) is 12.2. The summed E-state index contributed by atoms with van der Waals surface area (Å²) in [5.41, 5.74) is 1.71. The molecule has 0 saturated carbocycles. The zero-order chi connectivity index (χ0) is 17.6. The molecule has 0 fully saturated rings. The average molecular weight is 352 g/mol. The van der Waals surface area contributed by atoms with E-state index in [1.54, 1.807) is 18.2 Å². The van der Waals surface area contributed by atoms with Crippen molar-refractivity contribution < 1.29 is 9.90 Å². The highest BCUT2D eigenvalue weighted by molar-refractivity contribution is 6.30. The maximum absolute atomic E-state index is 12.2. The molecule has 25 heavy (non-hydrogen) atoms. The maximum atomic E-state index is 12.2. The fourth-order valence-corrected chi connectivity index (χ4v) is 2.86. The van der Waals surface area contributed by atoms with Gasteiger partial charge in [-0.25, -0.2) is 0 Å². The molecular formula is C21H18ClNO2. The summed E-state index contributed by atoms with van der Waals surface area (Å²) in [5.74, 6) is -0.271. The van der Waals surface area contributed by atoms with Crippen molar-refractivity contribution in [2.45, 2.75) is 6.04 Å². The summed E-state index contributed by atoms with van der Waals surface area (Å²) < 4.78 is 0. The third-order valence-corrected chi connectivity index (χ3v) is 4.19. The topological polar surface area (TPSA) is 49.3 Å². The number of benzene rings is 3. The molecule has 0 unspecified atom stereocenters. The quantitative estimate of drug-likeness (QED) is 0.671. The molecule has 0 radical (unpaired) electrons. The van der Waals surface area contributed by atoms with Crippen molar-refractivity contribution in [1.82, 2.24) is 5.32 Å². The summed E-state index contributed by atoms with van der Waals surface area (Å²) in [6.07, 6.45) is 3.13. The van der Waals surface area contributed by atoms with Gasteiger partial charge in [0.25, 0.3) is 0 Å². The average Bonchev–Trinajstić information content (AvgIpc) is 2.64. The van der Waals surface area contributed by atoms with Crippen LogP contribution >= 0.6 is 11.6 Å². The van der Waals surface area contributed by atoms with Crippen molar-refractivity contribution >= 4 is 34.4 Å². The SMILES string of the molecule is O=C(/C=C/c1cccc(Cl)c1)N[C@@H](CO)c1ccc2ccccc2c1. The normalized spacial score (nSPS) is 12.4. The van der Waals surface area contributed by atoms with Gasteiger partial charge >= 0.3 is 0 Å². The van der Waals surface area contributed by atoms with Crippen LogP contribution in [0.25, 0.3) is 16.8 Å². The molecule has 0 heterocycles. The predicted molar refractivity (Wildman–Crippen MR) is 102 cm³/mol. The van der Waals surface area contributed by atoms with Gasteiger partial charge in [-0.1, -0.05) is 60.1 Å². The second kappa shape index (κ2) is 7.97. The molecule has 0 spiro atoms. The van der Waals surface area contributed by atoms with E-state index in [0.29, 0.717) is 5.02 Å². The molecular weight excluding hydrogens is 334 g/mol. The number of aliphatic hydroxyl groups is 1. The Morgan fingerprint density at radius 2 is 1.84 bits per heavy atom. The fraction of sp³-hybridized carbons (Fsp3) is 0.0952. The Hall–Kier alpha value is -2.62. The van der Waals surface area contributed by atoms with Crippen LogP contribution in [0.3, 0.4) is 0 Å². The smallest absolute Gasteiger partial charge is 0.244 e. The summed E-state index contributed by atoms with van der Waals surface area (Å²) >= 11 is 5.93. The lowest BCUT2D eigenvalue weighted by atomic mass is 10.0. The fourth-order valence-electron chi connectivity index (χ4n) is 2.66. The molecule has 3 aromatic carbocycles. The van der Waals surface area contributed by atoms with Gasteiger partial charge in [0.1, 0.15) is 0 Å². The van der Waals surface area contributed by atoms with Crippen LogP contribution in [0.2, 0.25) is 5.02 Å². The summed E-state index contributed by atoms with van der Waals surface area (Å²) in [4.78, 5) is 12.2. The lowest BCUT2D eigenvalue weighted by molar-refractivity contribution is -0.117. The van der Waals surface area contributed by atoms with Crippen LogP contribution in [0.4, 0.5) is 0 Å². The van der Waals surface area contributed by atoms with E-state index in [1.165, 1.54) is 6.08 Å². The van der Waals surface area contributed by atoms with E-state index >= 15 is 0 Å². The lowest BCUT2D eigenvalue weighted by Crippen LogP contribution is -2.29. The minimum absolute atomic E-state index is 0.172. The van der Waals surface area contributed by atoms with Crippen molar-refractivity contribution in [3.63, 3.8) is 0 Å². The minimum atomic E-state index is -0.457. The molecule has 1 amide bonds. The first-order valence-corrected chi connectivity index (χ1v) is 8.37. The van der Waals surface area contributed by atoms with Crippen LogP contribution in [0.5, 0.6) is 0 Å². The number of aliphatic hydroxyl groups excluding tert-OH is 1. The Labute approximate surface area is 151 Å². The Morgan fingerprint density at radius 3 is 2.60 bits per heavy atom. The molecule has 3 aromatic rings. The van der Waals surface area contributed by atoms with Gasteiger partial charge < -0.3 is 10.4 Å². The number of carbonyl (C=O) groups excluding carboxylic acids is 1. The largest absolute Gasteiger partial charge is 0.394 e. The van der Waals surface area contributed by atoms with Crippen molar-refractivity contribution in [2.75, 3.05) is 6.61 Å². The van der Waals surface area contributed by atoms with Crippen LogP contribution in [0, 0.1) is 0 Å². The Kier molecular flexibility index (Phi) is 5.49. The number of carbonyl (C=O) groups is 1. The van der Waals surface area contributed by atoms with Crippen LogP contribution in [-0.4, -0.2) is 17.6 Å². The third kappa shape index (κ3) is 4.47. The zero-order valence-electron chi connectivity index (χ0n) is 13.5. The Balaban J connectivity index is 1.73. The monoisotopic (exact) mass is 351 g/mol. The summed E-state index contributed by atoms with van der Waals surface area (Å²) in [5, 5.41) is 15.3. The Bertz CT molecular complexity index is 920. The van der Waals surface area contributed by atoms with E-state index in [9.17, 15) is 9.90 Å². The summed E-state index contributed by atoms with van der Waals surface area (Å²) in [6.45, 7) is -0.172. The standard InChI is InChI=1S/C21H18ClNO2/c22-19-7-3-4-15(12-19)8-11-21(25)23-20(14-24)18-10-9-16-5-1-2-6-17(16)13-18/h1-13,20,24H,14H2,(H,23,25)/b11-8+/t20-/m0/s1. The van der Waals surface area contributed by atoms with Gasteiger partial charge in [0.15, 0.2) is 0 Å². The van der Waals surface area contributed by atoms with Gasteiger partial charge in [-0.05, 0) is 46.2 Å². The molecule has 3 rings (SSSR count). The number of hydrogen-bond acceptors (Lipinski definition) is 2. The lowest BCUT2D eigenvalue weighted by Gasteiger charge is -2.16. The van der Waals surface area contributed by atoms with E-state index in [0.717, 1.165) is 21.9 Å². The first-order valence-electron chi connectivity index (χ1n) is 7.99. The van der Waals surface area contributed by atoms with Crippen LogP contribution in [0.15, 0.2) is 72.8 Å². The zero-order valence-corrected chi connectivity index (χ0v) is 14.3. The number of rotatable bonds is 5. The molecule has 0 bridgehead atoms. The van der Waals surface area contributed by atoms with Crippen molar-refractivity contribution in [3.05, 3.63) is 89.0 Å². The second-order valence-electron chi connectivity index (χ2n) is 5.74. The number of fused-ring (bicyclic) bond motifs is 1. The molecule has 0 aliphatic rings. The molecule has 3 nitrogen and oxygen atoms in total. The van der Waals surface area contributed by atoms with E-state index in [4.69, 9.17) is 11.6 Å². The van der Waals surface area contributed by atoms with Gasteiger partial charge in [0.05, 0.1) is 12.6 Å². The van der Waals surface area contributed by atoms with Gasteiger partial charge in [-0.3, -0.25) is 4.79 Å². The number of amides is 1. The molecule has 1 atom stereocenters. The number of halogens is 1. The Morgan fingerprint density at radius 1 is 1.04 bits per heavy atom. The molecule has 0 saturated heterocycles. The highest BCUT2D eigenvalue weighted by Crippen LogP contribution is 2.20. The molecule has 126 valence electrons. The van der Waals surface area contributed by atoms with Crippen molar-refractivity contribution in [1.29, 1.82) is 0 Å². The highest BCUT2D eigenvalue weighted by atomic mass is 35.5. The maximum Gasteiger partial charge on any atom is 0.244 e. The predicted octanol–water partition coefficient (Wildman–Crippen LogP) is 4.36. The number of nitrogens with one attached hydrogen (secondary N) is 1. The molecule has 0 aliphatic carbocycles. The van der Waals surface area contributed by atoms with Crippen molar-refractivity contribution in [2.24, 2.45) is 0 Å². The van der Waals surface area contributed by atoms with E-state index in [1.807, 2.05) is 54.6 Å².